The highest BCUT2D eigenvalue weighted by Gasteiger charge is 2.30. The summed E-state index contributed by atoms with van der Waals surface area (Å²) in [6.45, 7) is 5.68. The molecule has 2 aromatic rings. The van der Waals surface area contributed by atoms with Crippen LogP contribution in [0, 0.1) is 6.92 Å². The Morgan fingerprint density at radius 1 is 1.04 bits per heavy atom. The maximum Gasteiger partial charge on any atom is 0.253 e. The van der Waals surface area contributed by atoms with Crippen LogP contribution in [0.15, 0.2) is 53.4 Å². The van der Waals surface area contributed by atoms with E-state index >= 15 is 0 Å². The Morgan fingerprint density at radius 2 is 1.70 bits per heavy atom. The highest BCUT2D eigenvalue weighted by atomic mass is 32.2. The summed E-state index contributed by atoms with van der Waals surface area (Å²) < 4.78 is 32.4. The molecular formula is C20H24N2O4S. The smallest absolute Gasteiger partial charge is 0.253 e. The van der Waals surface area contributed by atoms with Gasteiger partial charge in [0, 0.05) is 31.7 Å². The van der Waals surface area contributed by atoms with E-state index in [-0.39, 0.29) is 23.9 Å². The molecule has 1 heterocycles. The first-order chi connectivity index (χ1) is 12.9. The van der Waals surface area contributed by atoms with Gasteiger partial charge in [-0.15, -0.1) is 0 Å². The highest BCUT2D eigenvalue weighted by Crippen LogP contribution is 2.21. The summed E-state index contributed by atoms with van der Waals surface area (Å²) in [6.07, 6.45) is 0. The molecule has 1 fully saturated rings. The summed E-state index contributed by atoms with van der Waals surface area (Å²) in [6, 6.07) is 13.9. The molecule has 1 aliphatic rings. The van der Waals surface area contributed by atoms with E-state index in [9.17, 15) is 13.2 Å². The number of benzene rings is 2. The summed E-state index contributed by atoms with van der Waals surface area (Å²) in [5.41, 5.74) is 1.66. The van der Waals surface area contributed by atoms with Crippen LogP contribution < -0.4 is 4.74 Å². The van der Waals surface area contributed by atoms with Crippen LogP contribution in [0.1, 0.15) is 22.8 Å². The van der Waals surface area contributed by atoms with E-state index in [0.29, 0.717) is 31.0 Å². The predicted octanol–water partition coefficient (Wildman–Crippen LogP) is 2.54. The van der Waals surface area contributed by atoms with Crippen LogP contribution in [0.5, 0.6) is 5.75 Å². The number of nitrogens with zero attached hydrogens (tertiary/aromatic N) is 2. The third-order valence-electron chi connectivity index (χ3n) is 4.56. The molecule has 27 heavy (non-hydrogen) atoms. The average Bonchev–Trinajstić information content (AvgIpc) is 2.68. The lowest BCUT2D eigenvalue weighted by Gasteiger charge is -2.34. The molecule has 7 heteroatoms. The van der Waals surface area contributed by atoms with Gasteiger partial charge in [-0.25, -0.2) is 8.42 Å². The molecule has 1 saturated heterocycles. The molecule has 0 radical (unpaired) electrons. The zero-order valence-electron chi connectivity index (χ0n) is 15.6. The van der Waals surface area contributed by atoms with Crippen molar-refractivity contribution in [2.24, 2.45) is 0 Å². The van der Waals surface area contributed by atoms with Crippen LogP contribution in [-0.4, -0.2) is 56.3 Å². The van der Waals surface area contributed by atoms with E-state index in [0.717, 1.165) is 5.56 Å². The van der Waals surface area contributed by atoms with E-state index in [2.05, 4.69) is 0 Å². The normalized spacial score (nSPS) is 15.6. The monoisotopic (exact) mass is 388 g/mol. The van der Waals surface area contributed by atoms with Crippen molar-refractivity contribution in [1.82, 2.24) is 9.21 Å². The molecule has 0 aliphatic carbocycles. The van der Waals surface area contributed by atoms with E-state index in [1.165, 1.54) is 4.31 Å². The van der Waals surface area contributed by atoms with Crippen molar-refractivity contribution in [2.75, 3.05) is 32.8 Å². The molecule has 1 amide bonds. The van der Waals surface area contributed by atoms with Crippen molar-refractivity contribution in [3.05, 3.63) is 59.7 Å². The lowest BCUT2D eigenvalue weighted by atomic mass is 10.1. The number of rotatable bonds is 5. The van der Waals surface area contributed by atoms with Gasteiger partial charge in [0.25, 0.3) is 5.91 Å². The summed E-state index contributed by atoms with van der Waals surface area (Å²) in [5, 5.41) is 0. The number of aryl methyl sites for hydroxylation is 1. The van der Waals surface area contributed by atoms with Crippen molar-refractivity contribution < 1.29 is 17.9 Å². The molecule has 2 aromatic carbocycles. The van der Waals surface area contributed by atoms with Crippen LogP contribution in [0.3, 0.4) is 0 Å². The number of hydrogen-bond acceptors (Lipinski definition) is 4. The highest BCUT2D eigenvalue weighted by molar-refractivity contribution is 7.89. The minimum Gasteiger partial charge on any atom is -0.494 e. The third-order valence-corrected chi connectivity index (χ3v) is 6.48. The maximum absolute atomic E-state index is 12.8. The number of amides is 1. The lowest BCUT2D eigenvalue weighted by Crippen LogP contribution is -2.50. The molecular weight excluding hydrogens is 364 g/mol. The Labute approximate surface area is 160 Å². The summed E-state index contributed by atoms with van der Waals surface area (Å²) >= 11 is 0. The fourth-order valence-corrected chi connectivity index (χ4v) is 4.54. The molecule has 1 aliphatic heterocycles. The Morgan fingerprint density at radius 3 is 2.30 bits per heavy atom. The second-order valence-corrected chi connectivity index (χ2v) is 8.41. The van der Waals surface area contributed by atoms with Gasteiger partial charge in [0.15, 0.2) is 0 Å². The number of carbonyl (C=O) groups excluding carboxylic acids is 1. The minimum absolute atomic E-state index is 0.0585. The van der Waals surface area contributed by atoms with Crippen LogP contribution >= 0.6 is 0 Å². The van der Waals surface area contributed by atoms with Crippen LogP contribution in [-0.2, 0) is 10.0 Å². The number of piperazine rings is 1. The first-order valence-electron chi connectivity index (χ1n) is 9.01. The van der Waals surface area contributed by atoms with E-state index in [1.54, 1.807) is 35.2 Å². The van der Waals surface area contributed by atoms with Gasteiger partial charge in [-0.2, -0.15) is 4.31 Å². The van der Waals surface area contributed by atoms with Gasteiger partial charge < -0.3 is 9.64 Å². The molecule has 3 rings (SSSR count). The zero-order valence-corrected chi connectivity index (χ0v) is 16.4. The summed E-state index contributed by atoms with van der Waals surface area (Å²) in [7, 11) is -3.57. The zero-order chi connectivity index (χ0) is 19.4. The minimum atomic E-state index is -3.57. The molecule has 0 aromatic heterocycles. The van der Waals surface area contributed by atoms with E-state index < -0.39 is 10.0 Å². The van der Waals surface area contributed by atoms with Crippen molar-refractivity contribution in [3.63, 3.8) is 0 Å². The summed E-state index contributed by atoms with van der Waals surface area (Å²) in [4.78, 5) is 14.6. The Balaban J connectivity index is 1.66. The number of carbonyl (C=O) groups is 1. The molecule has 0 atom stereocenters. The van der Waals surface area contributed by atoms with Gasteiger partial charge in [0.1, 0.15) is 5.75 Å². The van der Waals surface area contributed by atoms with Crippen molar-refractivity contribution in [2.45, 2.75) is 18.7 Å². The fraction of sp³-hybridized carbons (Fsp3) is 0.350. The van der Waals surface area contributed by atoms with Crippen LogP contribution in [0.25, 0.3) is 0 Å². The molecule has 144 valence electrons. The second-order valence-electron chi connectivity index (χ2n) is 6.47. The topological polar surface area (TPSA) is 66.9 Å². The lowest BCUT2D eigenvalue weighted by molar-refractivity contribution is 0.0698. The van der Waals surface area contributed by atoms with Gasteiger partial charge in [0.2, 0.25) is 10.0 Å². The SMILES string of the molecule is CCOc1ccc(S(=O)(=O)N2CCN(C(=O)c3cccc(C)c3)CC2)cc1. The molecule has 6 nitrogen and oxygen atoms in total. The number of ether oxygens (including phenoxy) is 1. The molecule has 0 unspecified atom stereocenters. The molecule has 0 saturated carbocycles. The predicted molar refractivity (Wildman–Crippen MR) is 103 cm³/mol. The molecule has 0 spiro atoms. The van der Waals surface area contributed by atoms with Crippen molar-refractivity contribution in [3.8, 4) is 5.75 Å². The van der Waals surface area contributed by atoms with Gasteiger partial charge in [-0.3, -0.25) is 4.79 Å². The van der Waals surface area contributed by atoms with E-state index in [1.807, 2.05) is 32.0 Å². The Kier molecular flexibility index (Phi) is 5.82. The van der Waals surface area contributed by atoms with Gasteiger partial charge in [0.05, 0.1) is 11.5 Å². The van der Waals surface area contributed by atoms with Gasteiger partial charge in [-0.1, -0.05) is 17.7 Å². The average molecular weight is 388 g/mol. The van der Waals surface area contributed by atoms with Crippen LogP contribution in [0.4, 0.5) is 0 Å². The summed E-state index contributed by atoms with van der Waals surface area (Å²) in [5.74, 6) is 0.585. The number of hydrogen-bond donors (Lipinski definition) is 0. The molecule has 0 bridgehead atoms. The Hall–Kier alpha value is -2.38. The largest absolute Gasteiger partial charge is 0.494 e. The van der Waals surface area contributed by atoms with Gasteiger partial charge in [-0.05, 0) is 50.2 Å². The van der Waals surface area contributed by atoms with E-state index in [4.69, 9.17) is 4.74 Å². The standard InChI is InChI=1S/C20H24N2O4S/c1-3-26-18-7-9-19(10-8-18)27(24,25)22-13-11-21(12-14-22)20(23)17-6-4-5-16(2)15-17/h4-10,15H,3,11-14H2,1-2H3. The molecule has 0 N–H and O–H groups in total. The third kappa shape index (κ3) is 4.31. The Bertz CT molecular complexity index is 902. The first-order valence-corrected chi connectivity index (χ1v) is 10.4. The number of sulfonamides is 1. The first kappa shape index (κ1) is 19.4. The quantitative estimate of drug-likeness (QED) is 0.789. The fourth-order valence-electron chi connectivity index (χ4n) is 3.12. The van der Waals surface area contributed by atoms with Crippen molar-refractivity contribution >= 4 is 15.9 Å². The maximum atomic E-state index is 12.8. The van der Waals surface area contributed by atoms with Crippen LogP contribution in [0.2, 0.25) is 0 Å². The van der Waals surface area contributed by atoms with Gasteiger partial charge >= 0.3 is 0 Å². The second kappa shape index (κ2) is 8.10. The van der Waals surface area contributed by atoms with Crippen molar-refractivity contribution in [1.29, 1.82) is 0 Å².